The molecule has 0 heterocycles. The van der Waals surface area contributed by atoms with Gasteiger partial charge < -0.3 is 5.32 Å². The fraction of sp³-hybridized carbons (Fsp3) is 0.417. The molecule has 20 heavy (non-hydrogen) atoms. The summed E-state index contributed by atoms with van der Waals surface area (Å²) in [4.78, 5) is 11.4. The Morgan fingerprint density at radius 3 is 2.65 bits per heavy atom. The quantitative estimate of drug-likeness (QED) is 0.833. The largest absolute Gasteiger partial charge is 0.352 e. The van der Waals surface area contributed by atoms with E-state index < -0.39 is 26.6 Å². The van der Waals surface area contributed by atoms with Gasteiger partial charge in [-0.3, -0.25) is 4.79 Å². The van der Waals surface area contributed by atoms with Gasteiger partial charge in [-0.25, -0.2) is 17.9 Å². The molecule has 1 aliphatic carbocycles. The maximum absolute atomic E-state index is 13.6. The zero-order chi connectivity index (χ0) is 14.9. The first kappa shape index (κ1) is 15.4. The summed E-state index contributed by atoms with van der Waals surface area (Å²) in [6.45, 7) is 0.492. The molecule has 2 rings (SSSR count). The third kappa shape index (κ3) is 3.77. The summed E-state index contributed by atoms with van der Waals surface area (Å²) in [5.74, 6) is -0.692. The smallest absolute Gasteiger partial charge is 0.251 e. The summed E-state index contributed by atoms with van der Waals surface area (Å²) in [5.41, 5.74) is -0.0643. The molecule has 1 aromatic rings. The van der Waals surface area contributed by atoms with Gasteiger partial charge in [0, 0.05) is 12.1 Å². The third-order valence-electron chi connectivity index (χ3n) is 3.10. The highest BCUT2D eigenvalue weighted by Gasteiger charge is 2.22. The van der Waals surface area contributed by atoms with Crippen molar-refractivity contribution in [2.24, 2.45) is 11.1 Å². The Bertz CT molecular complexity index is 644. The molecule has 3 N–H and O–H groups in total. The van der Waals surface area contributed by atoms with Crippen molar-refractivity contribution in [1.29, 1.82) is 0 Å². The Hall–Kier alpha value is -0.990. The van der Waals surface area contributed by atoms with Crippen molar-refractivity contribution < 1.29 is 17.6 Å². The van der Waals surface area contributed by atoms with Crippen LogP contribution in [0.5, 0.6) is 0 Å². The van der Waals surface area contributed by atoms with Crippen molar-refractivity contribution in [1.82, 2.24) is 5.32 Å². The van der Waals surface area contributed by atoms with E-state index in [1.165, 1.54) is 12.8 Å². The van der Waals surface area contributed by atoms with Crippen molar-refractivity contribution >= 4 is 31.9 Å². The van der Waals surface area contributed by atoms with Gasteiger partial charge in [0.2, 0.25) is 10.0 Å². The molecule has 8 heteroatoms. The van der Waals surface area contributed by atoms with E-state index in [1.807, 2.05) is 0 Å². The van der Waals surface area contributed by atoms with E-state index >= 15 is 0 Å². The van der Waals surface area contributed by atoms with Crippen LogP contribution in [0.25, 0.3) is 0 Å². The highest BCUT2D eigenvalue weighted by molar-refractivity contribution is 9.10. The lowest BCUT2D eigenvalue weighted by Crippen LogP contribution is -2.25. The second-order valence-corrected chi connectivity index (χ2v) is 7.13. The maximum Gasteiger partial charge on any atom is 0.251 e. The van der Waals surface area contributed by atoms with Crippen LogP contribution in [-0.4, -0.2) is 20.9 Å². The lowest BCUT2D eigenvalue weighted by Gasteiger charge is -2.08. The van der Waals surface area contributed by atoms with Crippen LogP contribution in [0.4, 0.5) is 4.39 Å². The topological polar surface area (TPSA) is 89.3 Å². The zero-order valence-corrected chi connectivity index (χ0v) is 12.9. The number of carbonyl (C=O) groups is 1. The Kier molecular flexibility index (Phi) is 4.46. The Balaban J connectivity index is 2.18. The molecule has 110 valence electrons. The highest BCUT2D eigenvalue weighted by Crippen LogP contribution is 2.31. The fourth-order valence-electron chi connectivity index (χ4n) is 1.80. The van der Waals surface area contributed by atoms with Crippen LogP contribution in [0.15, 0.2) is 21.5 Å². The molecule has 1 aliphatic rings. The monoisotopic (exact) mass is 364 g/mol. The van der Waals surface area contributed by atoms with Gasteiger partial charge in [0.25, 0.3) is 5.91 Å². The van der Waals surface area contributed by atoms with E-state index in [2.05, 4.69) is 21.2 Å². The Morgan fingerprint density at radius 2 is 2.10 bits per heavy atom. The van der Waals surface area contributed by atoms with Crippen LogP contribution in [0, 0.1) is 11.7 Å². The van der Waals surface area contributed by atoms with Crippen LogP contribution in [0.3, 0.4) is 0 Å². The van der Waals surface area contributed by atoms with Gasteiger partial charge in [0.1, 0.15) is 5.82 Å². The van der Waals surface area contributed by atoms with Crippen molar-refractivity contribution in [3.8, 4) is 0 Å². The van der Waals surface area contributed by atoms with E-state index in [-0.39, 0.29) is 10.0 Å². The minimum absolute atomic E-state index is 0.0643. The molecule has 0 unspecified atom stereocenters. The summed E-state index contributed by atoms with van der Waals surface area (Å²) in [6, 6.07) is 2.04. The number of hydrogen-bond donors (Lipinski definition) is 2. The molecule has 0 saturated heterocycles. The number of rotatable bonds is 5. The molecule has 0 radical (unpaired) electrons. The number of carbonyl (C=O) groups excluding carboxylic acids is 1. The standard InChI is InChI=1S/C12H14BrFN2O3S/c13-11-9(14)5-8(6-10(11)20(15,18)19)12(17)16-4-3-7-1-2-7/h5-7H,1-4H2,(H,16,17)(H2,15,18,19). The van der Waals surface area contributed by atoms with Crippen molar-refractivity contribution in [3.63, 3.8) is 0 Å². The SMILES string of the molecule is NS(=O)(=O)c1cc(C(=O)NCCC2CC2)cc(F)c1Br. The van der Waals surface area contributed by atoms with Crippen LogP contribution in [-0.2, 0) is 10.0 Å². The van der Waals surface area contributed by atoms with Gasteiger partial charge in [-0.05, 0) is 40.4 Å². The number of sulfonamides is 1. The first-order valence-electron chi connectivity index (χ1n) is 6.09. The Labute approximate surface area is 124 Å². The van der Waals surface area contributed by atoms with Crippen molar-refractivity contribution in [2.75, 3.05) is 6.54 Å². The number of amides is 1. The number of nitrogens with two attached hydrogens (primary N) is 1. The number of hydrogen-bond acceptors (Lipinski definition) is 3. The summed E-state index contributed by atoms with van der Waals surface area (Å²) in [7, 11) is -4.10. The molecular weight excluding hydrogens is 351 g/mol. The maximum atomic E-state index is 13.6. The predicted molar refractivity (Wildman–Crippen MR) is 75.1 cm³/mol. The zero-order valence-electron chi connectivity index (χ0n) is 10.5. The van der Waals surface area contributed by atoms with Crippen LogP contribution >= 0.6 is 15.9 Å². The molecule has 1 saturated carbocycles. The van der Waals surface area contributed by atoms with Crippen molar-refractivity contribution in [3.05, 3.63) is 28.0 Å². The van der Waals surface area contributed by atoms with Gasteiger partial charge in [-0.15, -0.1) is 0 Å². The fourth-order valence-corrected chi connectivity index (χ4v) is 3.34. The molecule has 0 aliphatic heterocycles. The molecule has 5 nitrogen and oxygen atoms in total. The average Bonchev–Trinajstić information content (AvgIpc) is 3.14. The van der Waals surface area contributed by atoms with E-state index in [0.29, 0.717) is 12.5 Å². The van der Waals surface area contributed by atoms with Gasteiger partial charge in [-0.2, -0.15) is 0 Å². The molecule has 1 aromatic carbocycles. The molecule has 0 spiro atoms. The average molecular weight is 365 g/mol. The van der Waals surface area contributed by atoms with Gasteiger partial charge in [0.05, 0.1) is 9.37 Å². The van der Waals surface area contributed by atoms with Gasteiger partial charge in [-0.1, -0.05) is 12.8 Å². The number of nitrogens with one attached hydrogen (secondary N) is 1. The lowest BCUT2D eigenvalue weighted by molar-refractivity contribution is 0.0952. The van der Waals surface area contributed by atoms with E-state index in [4.69, 9.17) is 5.14 Å². The predicted octanol–water partition coefficient (Wildman–Crippen LogP) is 1.77. The number of primary sulfonamides is 1. The molecule has 0 bridgehead atoms. The first-order valence-corrected chi connectivity index (χ1v) is 8.43. The molecule has 0 aromatic heterocycles. The summed E-state index contributed by atoms with van der Waals surface area (Å²) in [6.07, 6.45) is 3.24. The molecule has 1 fully saturated rings. The van der Waals surface area contributed by atoms with Gasteiger partial charge >= 0.3 is 0 Å². The summed E-state index contributed by atoms with van der Waals surface area (Å²) >= 11 is 2.81. The normalized spacial score (nSPS) is 15.2. The second-order valence-electron chi connectivity index (χ2n) is 4.80. The molecular formula is C12H14BrFN2O3S. The van der Waals surface area contributed by atoms with Crippen LogP contribution in [0.2, 0.25) is 0 Å². The van der Waals surface area contributed by atoms with E-state index in [1.54, 1.807) is 0 Å². The second kappa shape index (κ2) is 5.79. The van der Waals surface area contributed by atoms with Crippen LogP contribution < -0.4 is 10.5 Å². The number of benzene rings is 1. The van der Waals surface area contributed by atoms with Crippen LogP contribution in [0.1, 0.15) is 29.6 Å². The third-order valence-corrected chi connectivity index (χ3v) is 5.10. The van der Waals surface area contributed by atoms with Crippen molar-refractivity contribution in [2.45, 2.75) is 24.2 Å². The summed E-state index contributed by atoms with van der Waals surface area (Å²) in [5, 5.41) is 7.63. The molecule has 1 amide bonds. The number of halogens is 2. The highest BCUT2D eigenvalue weighted by atomic mass is 79.9. The van der Waals surface area contributed by atoms with E-state index in [0.717, 1.165) is 18.6 Å². The first-order chi connectivity index (χ1) is 9.29. The van der Waals surface area contributed by atoms with E-state index in [9.17, 15) is 17.6 Å². The minimum Gasteiger partial charge on any atom is -0.352 e. The van der Waals surface area contributed by atoms with Gasteiger partial charge in [0.15, 0.2) is 0 Å². The minimum atomic E-state index is -4.10. The Morgan fingerprint density at radius 1 is 1.45 bits per heavy atom. The lowest BCUT2D eigenvalue weighted by atomic mass is 10.2. The summed E-state index contributed by atoms with van der Waals surface area (Å²) < 4.78 is 36.1. The molecule has 0 atom stereocenters.